The van der Waals surface area contributed by atoms with Gasteiger partial charge in [-0.25, -0.2) is 0 Å². The highest BCUT2D eigenvalue weighted by atomic mass is 16.2. The van der Waals surface area contributed by atoms with Gasteiger partial charge in [0.15, 0.2) is 0 Å². The second-order valence-corrected chi connectivity index (χ2v) is 10.4. The number of piperazine rings is 1. The summed E-state index contributed by atoms with van der Waals surface area (Å²) in [5.74, 6) is 2.93. The molecule has 2 atom stereocenters. The van der Waals surface area contributed by atoms with Gasteiger partial charge in [-0.15, -0.1) is 0 Å². The Morgan fingerprint density at radius 2 is 1.79 bits per heavy atom. The van der Waals surface area contributed by atoms with Gasteiger partial charge < -0.3 is 9.80 Å². The lowest BCUT2D eigenvalue weighted by Gasteiger charge is -2.57. The third-order valence-corrected chi connectivity index (χ3v) is 8.63. The second kappa shape index (κ2) is 8.47. The topological polar surface area (TPSA) is 26.8 Å². The van der Waals surface area contributed by atoms with Crippen LogP contribution in [-0.4, -0.2) is 73.0 Å². The molecule has 1 amide bonds. The average molecular weight is 388 g/mol. The zero-order chi connectivity index (χ0) is 19.7. The van der Waals surface area contributed by atoms with Crippen molar-refractivity contribution in [2.45, 2.75) is 59.3 Å². The number of amides is 1. The van der Waals surface area contributed by atoms with Crippen LogP contribution in [-0.2, 0) is 4.79 Å². The van der Waals surface area contributed by atoms with Gasteiger partial charge in [0, 0.05) is 39.1 Å². The van der Waals surface area contributed by atoms with Crippen molar-refractivity contribution in [2.24, 2.45) is 23.2 Å². The number of rotatable bonds is 6. The molecule has 158 valence electrons. The number of nitrogens with zero attached hydrogens (tertiary/aromatic N) is 3. The fourth-order valence-corrected chi connectivity index (χ4v) is 6.15. The first-order valence-corrected chi connectivity index (χ1v) is 11.9. The molecule has 3 fully saturated rings. The predicted octanol–water partition coefficient (Wildman–Crippen LogP) is 3.64. The van der Waals surface area contributed by atoms with E-state index >= 15 is 0 Å². The highest BCUT2D eigenvalue weighted by Gasteiger charge is 2.51. The smallest absolute Gasteiger partial charge is 0.222 e. The molecule has 28 heavy (non-hydrogen) atoms. The van der Waals surface area contributed by atoms with Gasteiger partial charge in [0.25, 0.3) is 0 Å². The van der Waals surface area contributed by atoms with Crippen LogP contribution < -0.4 is 0 Å². The first-order valence-electron chi connectivity index (χ1n) is 11.9. The first-order chi connectivity index (χ1) is 13.5. The number of likely N-dealkylation sites (tertiary alicyclic amines) is 1. The molecule has 2 bridgehead atoms. The van der Waals surface area contributed by atoms with Crippen molar-refractivity contribution < 1.29 is 4.79 Å². The van der Waals surface area contributed by atoms with Gasteiger partial charge in [0.1, 0.15) is 0 Å². The van der Waals surface area contributed by atoms with Crippen LogP contribution in [0.25, 0.3) is 0 Å². The summed E-state index contributed by atoms with van der Waals surface area (Å²) in [6.45, 7) is 15.9. The second-order valence-electron chi connectivity index (χ2n) is 10.4. The summed E-state index contributed by atoms with van der Waals surface area (Å²) < 4.78 is 0. The summed E-state index contributed by atoms with van der Waals surface area (Å²) in [4.78, 5) is 19.8. The maximum Gasteiger partial charge on any atom is 0.222 e. The molecule has 2 saturated heterocycles. The quantitative estimate of drug-likeness (QED) is 0.651. The highest BCUT2D eigenvalue weighted by Crippen LogP contribution is 2.59. The minimum atomic E-state index is 0.396. The van der Waals surface area contributed by atoms with Gasteiger partial charge in [-0.05, 0) is 74.9 Å². The van der Waals surface area contributed by atoms with Crippen LogP contribution >= 0.6 is 0 Å². The van der Waals surface area contributed by atoms with Crippen molar-refractivity contribution in [1.82, 2.24) is 14.7 Å². The molecule has 5 aliphatic rings. The van der Waals surface area contributed by atoms with Crippen LogP contribution in [0.2, 0.25) is 0 Å². The zero-order valence-corrected chi connectivity index (χ0v) is 18.5. The molecular formula is C24H41N3O. The molecule has 1 saturated carbocycles. The number of allylic oxidation sites excluding steroid dienone is 1. The number of carbonyl (C=O) groups excluding carboxylic acids is 1. The van der Waals surface area contributed by atoms with Gasteiger partial charge in [0.2, 0.25) is 5.91 Å². The fraction of sp³-hybridized carbons (Fsp3) is 0.875. The van der Waals surface area contributed by atoms with Crippen molar-refractivity contribution in [1.29, 1.82) is 0 Å². The van der Waals surface area contributed by atoms with Crippen molar-refractivity contribution in [3.8, 4) is 0 Å². The molecule has 2 aliphatic heterocycles. The summed E-state index contributed by atoms with van der Waals surface area (Å²) in [5, 5.41) is 0. The molecule has 0 N–H and O–H groups in total. The SMILES string of the molecule is CCN1CCN(C(=O)CCC2CCN(CC3=CC[C@H]4C[C@@H]3C4(C)C)CC2)CC1. The lowest BCUT2D eigenvalue weighted by atomic mass is 9.49. The summed E-state index contributed by atoms with van der Waals surface area (Å²) in [7, 11) is 0. The van der Waals surface area contributed by atoms with Gasteiger partial charge in [0.05, 0.1) is 0 Å². The normalized spacial score (nSPS) is 31.4. The number of fused-ring (bicyclic) bond motifs is 1. The van der Waals surface area contributed by atoms with Crippen LogP contribution in [0.5, 0.6) is 0 Å². The van der Waals surface area contributed by atoms with E-state index in [9.17, 15) is 4.79 Å². The summed E-state index contributed by atoms with van der Waals surface area (Å²) in [5.41, 5.74) is 2.28. The molecule has 4 nitrogen and oxygen atoms in total. The van der Waals surface area contributed by atoms with Crippen LogP contribution in [0.1, 0.15) is 59.3 Å². The van der Waals surface area contributed by atoms with Crippen LogP contribution in [0.4, 0.5) is 0 Å². The Kier molecular flexibility index (Phi) is 6.17. The molecule has 5 rings (SSSR count). The summed E-state index contributed by atoms with van der Waals surface area (Å²) in [6.07, 6.45) is 9.73. The van der Waals surface area contributed by atoms with Gasteiger partial charge in [-0.1, -0.05) is 32.4 Å². The number of likely N-dealkylation sites (N-methyl/N-ethyl adjacent to an activating group) is 1. The summed E-state index contributed by atoms with van der Waals surface area (Å²) >= 11 is 0. The third-order valence-electron chi connectivity index (χ3n) is 8.63. The van der Waals surface area contributed by atoms with E-state index in [4.69, 9.17) is 0 Å². The predicted molar refractivity (Wildman–Crippen MR) is 115 cm³/mol. The molecule has 3 aliphatic carbocycles. The Labute approximate surface area is 172 Å². The molecule has 0 aromatic carbocycles. The molecule has 0 aromatic heterocycles. The van der Waals surface area contributed by atoms with Crippen LogP contribution in [0, 0.1) is 23.2 Å². The van der Waals surface area contributed by atoms with Crippen molar-refractivity contribution in [2.75, 3.05) is 52.4 Å². The minimum absolute atomic E-state index is 0.396. The molecule has 2 heterocycles. The highest BCUT2D eigenvalue weighted by molar-refractivity contribution is 5.76. The number of hydrogen-bond donors (Lipinski definition) is 0. The molecule has 4 heteroatoms. The van der Waals surface area contributed by atoms with E-state index in [-0.39, 0.29) is 0 Å². The van der Waals surface area contributed by atoms with Crippen molar-refractivity contribution >= 4 is 5.91 Å². The van der Waals surface area contributed by atoms with Gasteiger partial charge in [-0.3, -0.25) is 9.69 Å². The monoisotopic (exact) mass is 387 g/mol. The lowest BCUT2D eigenvalue weighted by Crippen LogP contribution is -2.50. The van der Waals surface area contributed by atoms with E-state index in [1.165, 1.54) is 45.3 Å². The van der Waals surface area contributed by atoms with Crippen molar-refractivity contribution in [3.63, 3.8) is 0 Å². The zero-order valence-electron chi connectivity index (χ0n) is 18.5. The van der Waals surface area contributed by atoms with Crippen LogP contribution in [0.3, 0.4) is 0 Å². The third kappa shape index (κ3) is 4.18. The molecule has 0 spiro atoms. The maximum absolute atomic E-state index is 12.6. The Morgan fingerprint density at radius 3 is 2.39 bits per heavy atom. The average Bonchev–Trinajstić information content (AvgIpc) is 2.73. The van der Waals surface area contributed by atoms with Crippen LogP contribution in [0.15, 0.2) is 11.6 Å². The number of piperidine rings is 1. The maximum atomic E-state index is 12.6. The number of hydrogen-bond acceptors (Lipinski definition) is 3. The van der Waals surface area contributed by atoms with E-state index in [0.29, 0.717) is 11.3 Å². The van der Waals surface area contributed by atoms with E-state index in [1.807, 2.05) is 0 Å². The lowest BCUT2D eigenvalue weighted by molar-refractivity contribution is -0.133. The Hall–Kier alpha value is -0.870. The van der Waals surface area contributed by atoms with E-state index < -0.39 is 0 Å². The van der Waals surface area contributed by atoms with E-state index in [0.717, 1.165) is 63.3 Å². The Balaban J connectivity index is 1.15. The fourth-order valence-electron chi connectivity index (χ4n) is 6.15. The Bertz CT molecular complexity index is 583. The van der Waals surface area contributed by atoms with Gasteiger partial charge >= 0.3 is 0 Å². The summed E-state index contributed by atoms with van der Waals surface area (Å²) in [6, 6.07) is 0. The molecule has 0 unspecified atom stereocenters. The van der Waals surface area contributed by atoms with Gasteiger partial charge in [-0.2, -0.15) is 0 Å². The number of carbonyl (C=O) groups is 1. The first kappa shape index (κ1) is 20.4. The van der Waals surface area contributed by atoms with E-state index in [2.05, 4.69) is 41.5 Å². The van der Waals surface area contributed by atoms with Crippen molar-refractivity contribution in [3.05, 3.63) is 11.6 Å². The Morgan fingerprint density at radius 1 is 1.07 bits per heavy atom. The van der Waals surface area contributed by atoms with E-state index in [1.54, 1.807) is 5.57 Å². The largest absolute Gasteiger partial charge is 0.340 e. The molecular weight excluding hydrogens is 346 g/mol. The standard InChI is InChI=1S/C24H41N3O/c1-4-25-13-15-27(16-14-25)23(28)8-5-19-9-11-26(12-10-19)18-20-6-7-21-17-22(20)24(21,2)3/h6,19,21-22H,4-5,7-18H2,1-3H3/t21-,22-/m0/s1. The minimum Gasteiger partial charge on any atom is -0.340 e. The molecule has 0 aromatic rings. The molecule has 0 radical (unpaired) electrons.